The maximum atomic E-state index is 13.5. The molecule has 2 N–H and O–H groups in total. The first-order chi connectivity index (χ1) is 15.1. The quantitative estimate of drug-likeness (QED) is 0.550. The summed E-state index contributed by atoms with van der Waals surface area (Å²) >= 11 is 0. The number of carbonyl (C=O) groups is 4. The molecule has 1 unspecified atom stereocenters. The number of nitrogens with zero attached hydrogens (tertiary/aromatic N) is 3. The fraction of sp³-hybridized carbons (Fsp3) is 0.826. The molecule has 0 bridgehead atoms. The van der Waals surface area contributed by atoms with Gasteiger partial charge in [-0.05, 0) is 60.0 Å². The van der Waals surface area contributed by atoms with Crippen LogP contribution in [0.15, 0.2) is 0 Å². The van der Waals surface area contributed by atoms with E-state index in [9.17, 15) is 19.2 Å². The standard InChI is InChI=1S/C23H43N5O5/c1-15(2)18(21(31)27(8)9)25-19(29)17-12-10-11-13-28(17)20(30)16(14-26(6)7)24-22(32)33-23(3,4)5/h15-18H,10-14H2,1-9H3,(H,24,32)(H,25,29)/t16?,17-,18+/m0/s1. The Morgan fingerprint density at radius 3 is 2.12 bits per heavy atom. The first-order valence-corrected chi connectivity index (χ1v) is 11.6. The number of amides is 4. The fourth-order valence-corrected chi connectivity index (χ4v) is 3.71. The Morgan fingerprint density at radius 2 is 1.64 bits per heavy atom. The van der Waals surface area contributed by atoms with Crippen LogP contribution in [0.3, 0.4) is 0 Å². The predicted molar refractivity (Wildman–Crippen MR) is 127 cm³/mol. The minimum atomic E-state index is -0.868. The molecule has 1 aliphatic heterocycles. The maximum Gasteiger partial charge on any atom is 0.408 e. The van der Waals surface area contributed by atoms with E-state index in [1.54, 1.807) is 53.9 Å². The molecule has 4 amide bonds. The number of hydrogen-bond acceptors (Lipinski definition) is 6. The molecular weight excluding hydrogens is 426 g/mol. The van der Waals surface area contributed by atoms with E-state index in [1.807, 2.05) is 13.8 Å². The molecular formula is C23H43N5O5. The van der Waals surface area contributed by atoms with Crippen molar-refractivity contribution in [3.63, 3.8) is 0 Å². The number of piperidine rings is 1. The zero-order valence-corrected chi connectivity index (χ0v) is 21.7. The molecule has 0 spiro atoms. The maximum absolute atomic E-state index is 13.5. The Balaban J connectivity index is 3.06. The summed E-state index contributed by atoms with van der Waals surface area (Å²) in [4.78, 5) is 56.4. The zero-order valence-electron chi connectivity index (χ0n) is 21.7. The molecule has 1 saturated heterocycles. The van der Waals surface area contributed by atoms with Crippen LogP contribution in [0.1, 0.15) is 53.9 Å². The summed E-state index contributed by atoms with van der Waals surface area (Å²) < 4.78 is 5.33. The number of alkyl carbamates (subject to hydrolysis) is 1. The molecule has 0 aromatic heterocycles. The van der Waals surface area contributed by atoms with Crippen LogP contribution in [0.25, 0.3) is 0 Å². The number of hydrogen-bond donors (Lipinski definition) is 2. The number of rotatable bonds is 8. The molecule has 10 heteroatoms. The van der Waals surface area contributed by atoms with Crippen molar-refractivity contribution in [3.8, 4) is 0 Å². The summed E-state index contributed by atoms with van der Waals surface area (Å²) in [7, 11) is 6.90. The second-order valence-corrected chi connectivity index (χ2v) is 10.5. The molecule has 0 aliphatic carbocycles. The highest BCUT2D eigenvalue weighted by atomic mass is 16.6. The minimum absolute atomic E-state index is 0.105. The molecule has 3 atom stereocenters. The molecule has 1 aliphatic rings. The zero-order chi connectivity index (χ0) is 25.5. The third-order valence-electron chi connectivity index (χ3n) is 5.30. The van der Waals surface area contributed by atoms with Crippen LogP contribution in [-0.2, 0) is 19.1 Å². The van der Waals surface area contributed by atoms with Crippen molar-refractivity contribution in [2.45, 2.75) is 77.6 Å². The average molecular weight is 470 g/mol. The van der Waals surface area contributed by atoms with Crippen molar-refractivity contribution in [1.82, 2.24) is 25.3 Å². The van der Waals surface area contributed by atoms with Gasteiger partial charge in [0.05, 0.1) is 0 Å². The molecule has 1 heterocycles. The summed E-state index contributed by atoms with van der Waals surface area (Å²) in [5.74, 6) is -0.983. The van der Waals surface area contributed by atoms with Crippen LogP contribution in [0.4, 0.5) is 4.79 Å². The van der Waals surface area contributed by atoms with Gasteiger partial charge in [-0.25, -0.2) is 4.79 Å². The van der Waals surface area contributed by atoms with Gasteiger partial charge in [0.1, 0.15) is 23.7 Å². The van der Waals surface area contributed by atoms with Gasteiger partial charge < -0.3 is 30.1 Å². The summed E-state index contributed by atoms with van der Waals surface area (Å²) in [6.45, 7) is 9.66. The average Bonchev–Trinajstić information content (AvgIpc) is 2.68. The Bertz CT molecular complexity index is 702. The van der Waals surface area contributed by atoms with Crippen molar-refractivity contribution in [3.05, 3.63) is 0 Å². The van der Waals surface area contributed by atoms with Gasteiger partial charge in [0.25, 0.3) is 0 Å². The van der Waals surface area contributed by atoms with Gasteiger partial charge in [-0.1, -0.05) is 13.8 Å². The number of ether oxygens (including phenoxy) is 1. The summed E-state index contributed by atoms with van der Waals surface area (Å²) in [6.07, 6.45) is 1.38. The van der Waals surface area contributed by atoms with Gasteiger partial charge in [0, 0.05) is 27.2 Å². The molecule has 190 valence electrons. The Hall–Kier alpha value is -2.36. The lowest BCUT2D eigenvalue weighted by Crippen LogP contribution is -2.61. The lowest BCUT2D eigenvalue weighted by molar-refractivity contribution is -0.145. The van der Waals surface area contributed by atoms with E-state index in [4.69, 9.17) is 4.74 Å². The number of carbonyl (C=O) groups excluding carboxylic acids is 4. The number of nitrogens with one attached hydrogen (secondary N) is 2. The number of likely N-dealkylation sites (tertiary alicyclic amines) is 1. The van der Waals surface area contributed by atoms with Crippen LogP contribution in [0, 0.1) is 5.92 Å². The van der Waals surface area contributed by atoms with Gasteiger partial charge in [-0.2, -0.15) is 0 Å². The topological polar surface area (TPSA) is 111 Å². The molecule has 0 radical (unpaired) electrons. The van der Waals surface area contributed by atoms with E-state index in [2.05, 4.69) is 10.6 Å². The first kappa shape index (κ1) is 28.7. The Morgan fingerprint density at radius 1 is 1.03 bits per heavy atom. The van der Waals surface area contributed by atoms with Gasteiger partial charge in [0.2, 0.25) is 17.7 Å². The monoisotopic (exact) mass is 469 g/mol. The second kappa shape index (κ2) is 12.2. The van der Waals surface area contributed by atoms with Crippen molar-refractivity contribution in [2.24, 2.45) is 5.92 Å². The van der Waals surface area contributed by atoms with Crippen molar-refractivity contribution < 1.29 is 23.9 Å². The summed E-state index contributed by atoms with van der Waals surface area (Å²) in [5.41, 5.74) is -0.700. The highest BCUT2D eigenvalue weighted by Crippen LogP contribution is 2.20. The second-order valence-electron chi connectivity index (χ2n) is 10.5. The van der Waals surface area contributed by atoms with Crippen molar-refractivity contribution in [1.29, 1.82) is 0 Å². The molecule has 0 saturated carbocycles. The van der Waals surface area contributed by atoms with E-state index >= 15 is 0 Å². The van der Waals surface area contributed by atoms with E-state index in [0.717, 1.165) is 12.8 Å². The highest BCUT2D eigenvalue weighted by molar-refractivity contribution is 5.94. The van der Waals surface area contributed by atoms with E-state index in [0.29, 0.717) is 13.0 Å². The Labute approximate surface area is 198 Å². The molecule has 33 heavy (non-hydrogen) atoms. The van der Waals surface area contributed by atoms with Gasteiger partial charge in [0.15, 0.2) is 0 Å². The molecule has 1 fully saturated rings. The normalized spacial score (nSPS) is 18.5. The van der Waals surface area contributed by atoms with Crippen LogP contribution >= 0.6 is 0 Å². The van der Waals surface area contributed by atoms with Gasteiger partial charge in [-0.3, -0.25) is 14.4 Å². The van der Waals surface area contributed by atoms with E-state index < -0.39 is 29.8 Å². The van der Waals surface area contributed by atoms with Gasteiger partial charge in [-0.15, -0.1) is 0 Å². The lowest BCUT2D eigenvalue weighted by atomic mass is 9.97. The fourth-order valence-electron chi connectivity index (χ4n) is 3.71. The summed E-state index contributed by atoms with van der Waals surface area (Å²) in [6, 6.07) is -2.25. The first-order valence-electron chi connectivity index (χ1n) is 11.6. The Kier molecular flexibility index (Phi) is 10.6. The molecule has 1 rings (SSSR count). The number of likely N-dealkylation sites (N-methyl/N-ethyl adjacent to an activating group) is 2. The predicted octanol–water partition coefficient (Wildman–Crippen LogP) is 1.05. The lowest BCUT2D eigenvalue weighted by Gasteiger charge is -2.38. The van der Waals surface area contributed by atoms with Crippen molar-refractivity contribution in [2.75, 3.05) is 41.3 Å². The van der Waals surface area contributed by atoms with Gasteiger partial charge >= 0.3 is 6.09 Å². The summed E-state index contributed by atoms with van der Waals surface area (Å²) in [5, 5.41) is 5.52. The van der Waals surface area contributed by atoms with Crippen LogP contribution < -0.4 is 10.6 Å². The van der Waals surface area contributed by atoms with Crippen LogP contribution in [0.5, 0.6) is 0 Å². The van der Waals surface area contributed by atoms with Crippen molar-refractivity contribution >= 4 is 23.8 Å². The SMILES string of the molecule is CC(C)[C@@H](NC(=O)[C@@H]1CCCCN1C(=O)C(CN(C)C)NC(=O)OC(C)(C)C)C(=O)N(C)C. The smallest absolute Gasteiger partial charge is 0.408 e. The largest absolute Gasteiger partial charge is 0.444 e. The molecule has 0 aromatic rings. The van der Waals surface area contributed by atoms with E-state index in [1.165, 1.54) is 9.80 Å². The minimum Gasteiger partial charge on any atom is -0.444 e. The third-order valence-corrected chi connectivity index (χ3v) is 5.30. The van der Waals surface area contributed by atoms with E-state index in [-0.39, 0.29) is 30.2 Å². The van der Waals surface area contributed by atoms with Crippen LogP contribution in [0.2, 0.25) is 0 Å². The molecule has 10 nitrogen and oxygen atoms in total. The third kappa shape index (κ3) is 9.19. The van der Waals surface area contributed by atoms with Crippen LogP contribution in [-0.4, -0.2) is 104 Å². The highest BCUT2D eigenvalue weighted by Gasteiger charge is 2.38. The molecule has 0 aromatic carbocycles.